The summed E-state index contributed by atoms with van der Waals surface area (Å²) in [6.45, 7) is 4.90. The Kier molecular flexibility index (Phi) is 6.43. The van der Waals surface area contributed by atoms with Crippen molar-refractivity contribution >= 4 is 17.8 Å². The molecule has 2 aromatic rings. The first-order chi connectivity index (χ1) is 15.4. The van der Waals surface area contributed by atoms with Crippen LogP contribution in [0.15, 0.2) is 34.9 Å². The summed E-state index contributed by atoms with van der Waals surface area (Å²) in [5, 5.41) is 12.8. The van der Waals surface area contributed by atoms with Gasteiger partial charge in [0.1, 0.15) is 12.3 Å². The first-order valence-electron chi connectivity index (χ1n) is 11.0. The molecule has 1 saturated carbocycles. The van der Waals surface area contributed by atoms with Crippen LogP contribution >= 0.6 is 0 Å². The Morgan fingerprint density at radius 2 is 1.94 bits per heavy atom. The molecule has 4 amide bonds. The molecule has 2 fully saturated rings. The molecule has 1 aliphatic heterocycles. The van der Waals surface area contributed by atoms with Crippen molar-refractivity contribution in [1.82, 2.24) is 26.0 Å². The molecule has 1 aliphatic carbocycles. The van der Waals surface area contributed by atoms with Crippen molar-refractivity contribution < 1.29 is 18.9 Å². The van der Waals surface area contributed by atoms with Gasteiger partial charge in [0, 0.05) is 37.2 Å². The highest BCUT2D eigenvalue weighted by atomic mass is 16.5. The molecule has 2 aliphatic rings. The van der Waals surface area contributed by atoms with Gasteiger partial charge in [-0.25, -0.2) is 4.79 Å². The number of carbonyl (C=O) groups excluding carboxylic acids is 3. The van der Waals surface area contributed by atoms with Crippen LogP contribution in [0.4, 0.5) is 4.79 Å². The maximum atomic E-state index is 12.8. The van der Waals surface area contributed by atoms with E-state index in [1.165, 1.54) is 0 Å². The largest absolute Gasteiger partial charge is 0.361 e. The van der Waals surface area contributed by atoms with Crippen molar-refractivity contribution in [2.45, 2.75) is 45.8 Å². The third-order valence-electron chi connectivity index (χ3n) is 6.40. The molecular weight excluding hydrogens is 410 g/mol. The molecule has 0 bridgehead atoms. The van der Waals surface area contributed by atoms with E-state index in [4.69, 9.17) is 4.52 Å². The van der Waals surface area contributed by atoms with Crippen molar-refractivity contribution in [3.8, 4) is 0 Å². The number of carbonyl (C=O) groups is 3. The van der Waals surface area contributed by atoms with Crippen LogP contribution in [0.3, 0.4) is 0 Å². The number of nitrogens with zero attached hydrogens (tertiary/aromatic N) is 2. The van der Waals surface area contributed by atoms with Gasteiger partial charge < -0.3 is 25.4 Å². The van der Waals surface area contributed by atoms with Gasteiger partial charge in [-0.2, -0.15) is 0 Å². The quantitative estimate of drug-likeness (QED) is 0.655. The van der Waals surface area contributed by atoms with Gasteiger partial charge in [-0.1, -0.05) is 35.5 Å². The molecule has 3 N–H and O–H groups in total. The van der Waals surface area contributed by atoms with E-state index in [0.29, 0.717) is 38.2 Å². The molecule has 1 aromatic heterocycles. The zero-order valence-electron chi connectivity index (χ0n) is 18.4. The van der Waals surface area contributed by atoms with Crippen LogP contribution in [0, 0.1) is 25.7 Å². The van der Waals surface area contributed by atoms with Gasteiger partial charge in [0.15, 0.2) is 0 Å². The van der Waals surface area contributed by atoms with Gasteiger partial charge >= 0.3 is 6.03 Å². The van der Waals surface area contributed by atoms with Crippen molar-refractivity contribution in [3.05, 3.63) is 52.9 Å². The molecule has 9 nitrogen and oxygen atoms in total. The summed E-state index contributed by atoms with van der Waals surface area (Å²) in [6.07, 6.45) is 1.20. The van der Waals surface area contributed by atoms with E-state index in [1.54, 1.807) is 4.90 Å². The fourth-order valence-corrected chi connectivity index (χ4v) is 4.61. The first-order valence-corrected chi connectivity index (χ1v) is 11.0. The SMILES string of the molecule is Cc1noc(C)c1CNC(=O)[C@H]1C[C@@H]2CN(C(=O)NCc3ccccc3)CC(=O)N[C@@H]2C1. The molecule has 9 heteroatoms. The Morgan fingerprint density at radius 1 is 1.16 bits per heavy atom. The molecule has 32 heavy (non-hydrogen) atoms. The smallest absolute Gasteiger partial charge is 0.318 e. The van der Waals surface area contributed by atoms with E-state index in [-0.39, 0.29) is 42.3 Å². The second kappa shape index (κ2) is 9.42. The number of hydrogen-bond acceptors (Lipinski definition) is 5. The number of rotatable bonds is 5. The van der Waals surface area contributed by atoms with Crippen LogP contribution in [-0.4, -0.2) is 47.0 Å². The minimum atomic E-state index is -0.268. The highest BCUT2D eigenvalue weighted by Gasteiger charge is 2.42. The molecule has 170 valence electrons. The van der Waals surface area contributed by atoms with E-state index in [0.717, 1.165) is 16.8 Å². The van der Waals surface area contributed by atoms with Gasteiger partial charge in [0.05, 0.1) is 5.69 Å². The summed E-state index contributed by atoms with van der Waals surface area (Å²) in [5.41, 5.74) is 2.65. The summed E-state index contributed by atoms with van der Waals surface area (Å²) in [5.74, 6) is 0.289. The second-order valence-corrected chi connectivity index (χ2v) is 8.65. The number of nitrogens with one attached hydrogen (secondary N) is 3. The highest BCUT2D eigenvalue weighted by molar-refractivity contribution is 5.85. The Bertz CT molecular complexity index is 970. The number of hydrogen-bond donors (Lipinski definition) is 3. The lowest BCUT2D eigenvalue weighted by Gasteiger charge is -2.23. The Hall–Kier alpha value is -3.36. The first kappa shape index (κ1) is 21.9. The van der Waals surface area contributed by atoms with E-state index in [9.17, 15) is 14.4 Å². The topological polar surface area (TPSA) is 117 Å². The maximum absolute atomic E-state index is 12.8. The zero-order chi connectivity index (χ0) is 22.7. The van der Waals surface area contributed by atoms with Crippen molar-refractivity contribution in [2.24, 2.45) is 11.8 Å². The fraction of sp³-hybridized carbons (Fsp3) is 0.478. The van der Waals surface area contributed by atoms with E-state index >= 15 is 0 Å². The van der Waals surface area contributed by atoms with E-state index < -0.39 is 0 Å². The Labute approximate surface area is 186 Å². The average Bonchev–Trinajstić information content (AvgIpc) is 3.28. The summed E-state index contributed by atoms with van der Waals surface area (Å²) in [4.78, 5) is 39.4. The molecule has 0 radical (unpaired) electrons. The fourth-order valence-electron chi connectivity index (χ4n) is 4.61. The summed E-state index contributed by atoms with van der Waals surface area (Å²) >= 11 is 0. The molecule has 4 rings (SSSR count). The number of urea groups is 1. The molecule has 3 atom stereocenters. The van der Waals surface area contributed by atoms with Gasteiger partial charge in [0.25, 0.3) is 0 Å². The van der Waals surface area contributed by atoms with Crippen LogP contribution in [0.1, 0.15) is 35.4 Å². The number of fused-ring (bicyclic) bond motifs is 1. The van der Waals surface area contributed by atoms with Gasteiger partial charge in [-0.15, -0.1) is 0 Å². The standard InChI is InChI=1S/C23H29N5O4/c1-14-19(15(2)32-27-14)11-24-22(30)17-8-18-12-28(13-21(29)26-20(18)9-17)23(31)25-10-16-6-4-3-5-7-16/h3-7,17-18,20H,8-13H2,1-2H3,(H,24,30)(H,25,31)(H,26,29)/t17-,18+,20+/m0/s1. The van der Waals surface area contributed by atoms with Crippen LogP contribution < -0.4 is 16.0 Å². The third-order valence-corrected chi connectivity index (χ3v) is 6.40. The predicted molar refractivity (Wildman–Crippen MR) is 116 cm³/mol. The minimum Gasteiger partial charge on any atom is -0.361 e. The second-order valence-electron chi connectivity index (χ2n) is 8.65. The molecule has 0 unspecified atom stereocenters. The summed E-state index contributed by atoms with van der Waals surface area (Å²) < 4.78 is 5.15. The Balaban J connectivity index is 1.33. The summed E-state index contributed by atoms with van der Waals surface area (Å²) in [6, 6.07) is 9.26. The normalized spacial score (nSPS) is 22.6. The number of benzene rings is 1. The molecule has 1 aromatic carbocycles. The van der Waals surface area contributed by atoms with Gasteiger partial charge in [-0.3, -0.25) is 9.59 Å². The van der Waals surface area contributed by atoms with Gasteiger partial charge in [-0.05, 0) is 38.2 Å². The van der Waals surface area contributed by atoms with E-state index in [1.807, 2.05) is 44.2 Å². The number of amides is 4. The van der Waals surface area contributed by atoms with E-state index in [2.05, 4.69) is 21.1 Å². The minimum absolute atomic E-state index is 0.0243. The lowest BCUT2D eigenvalue weighted by Crippen LogP contribution is -2.44. The van der Waals surface area contributed by atoms with Crippen molar-refractivity contribution in [2.75, 3.05) is 13.1 Å². The summed E-state index contributed by atoms with van der Waals surface area (Å²) in [7, 11) is 0. The molecule has 0 spiro atoms. The lowest BCUT2D eigenvalue weighted by atomic mass is 10.0. The van der Waals surface area contributed by atoms with Crippen LogP contribution in [-0.2, 0) is 22.7 Å². The van der Waals surface area contributed by atoms with Crippen LogP contribution in [0.5, 0.6) is 0 Å². The molecule has 2 heterocycles. The Morgan fingerprint density at radius 3 is 2.66 bits per heavy atom. The monoisotopic (exact) mass is 439 g/mol. The predicted octanol–water partition coefficient (Wildman–Crippen LogP) is 1.64. The van der Waals surface area contributed by atoms with Crippen LogP contribution in [0.2, 0.25) is 0 Å². The maximum Gasteiger partial charge on any atom is 0.318 e. The third kappa shape index (κ3) is 4.92. The van der Waals surface area contributed by atoms with Gasteiger partial charge in [0.2, 0.25) is 11.8 Å². The average molecular weight is 440 g/mol. The van der Waals surface area contributed by atoms with Crippen molar-refractivity contribution in [3.63, 3.8) is 0 Å². The molecule has 1 saturated heterocycles. The zero-order valence-corrected chi connectivity index (χ0v) is 18.4. The number of aromatic nitrogens is 1. The van der Waals surface area contributed by atoms with Crippen LogP contribution in [0.25, 0.3) is 0 Å². The molecular formula is C23H29N5O4. The lowest BCUT2D eigenvalue weighted by molar-refractivity contribution is -0.125. The highest BCUT2D eigenvalue weighted by Crippen LogP contribution is 2.33. The van der Waals surface area contributed by atoms with Crippen molar-refractivity contribution in [1.29, 1.82) is 0 Å². The number of aryl methyl sites for hydroxylation is 2.